The van der Waals surface area contributed by atoms with Crippen molar-refractivity contribution in [1.82, 2.24) is 4.94 Å². The van der Waals surface area contributed by atoms with Crippen LogP contribution in [-0.4, -0.2) is 8.42 Å². The van der Waals surface area contributed by atoms with Gasteiger partial charge in [-0.25, -0.2) is 0 Å². The number of hydrogen-bond acceptors (Lipinski definition) is 2. The number of halogens is 2. The highest BCUT2D eigenvalue weighted by Gasteiger charge is 1.97. The zero-order valence-corrected chi connectivity index (χ0v) is 4.05. The molecular weight excluding hydrogens is 133 g/mol. The van der Waals surface area contributed by atoms with Gasteiger partial charge in [-0.2, -0.15) is 8.42 Å². The van der Waals surface area contributed by atoms with Crippen LogP contribution in [0.25, 0.3) is 0 Å². The lowest BCUT2D eigenvalue weighted by molar-refractivity contribution is 0.433. The smallest absolute Gasteiger partial charge is 0.193 e. The second kappa shape index (κ2) is 1.72. The fourth-order valence-electron chi connectivity index (χ4n) is 0. The van der Waals surface area contributed by atoms with Gasteiger partial charge in [0.1, 0.15) is 0 Å². The molecule has 0 aliphatic carbocycles. The Balaban J connectivity index is 3.85. The van der Waals surface area contributed by atoms with Gasteiger partial charge in [0.2, 0.25) is 0 Å². The standard InChI is InChI=1S/ClFHNO2S/c1-6(4,5)3-2/h3H. The van der Waals surface area contributed by atoms with E-state index < -0.39 is 9.24 Å². The van der Waals surface area contributed by atoms with E-state index in [2.05, 4.69) is 10.7 Å². The molecule has 38 valence electrons. The summed E-state index contributed by atoms with van der Waals surface area (Å²) in [5.74, 6) is 0. The minimum atomic E-state index is -4.11. The van der Waals surface area contributed by atoms with E-state index in [-0.39, 0.29) is 0 Å². The van der Waals surface area contributed by atoms with Gasteiger partial charge in [-0.3, -0.25) is 0 Å². The predicted octanol–water partition coefficient (Wildman–Crippen LogP) is -0.0559. The van der Waals surface area contributed by atoms with Crippen molar-refractivity contribution in [2.45, 2.75) is 0 Å². The van der Waals surface area contributed by atoms with Gasteiger partial charge in [0.05, 0.1) is 0 Å². The summed E-state index contributed by atoms with van der Waals surface area (Å²) in [5, 5.41) is 0. The van der Waals surface area contributed by atoms with Crippen molar-refractivity contribution in [3.8, 4) is 0 Å². The van der Waals surface area contributed by atoms with Gasteiger partial charge >= 0.3 is 9.24 Å². The molecule has 0 saturated carbocycles. The Kier molecular flexibility index (Phi) is 1.76. The molecule has 6 heteroatoms. The van der Waals surface area contributed by atoms with Crippen molar-refractivity contribution in [2.24, 2.45) is 0 Å². The molecule has 0 fully saturated rings. The summed E-state index contributed by atoms with van der Waals surface area (Å²) in [6.07, 6.45) is 0. The van der Waals surface area contributed by atoms with Gasteiger partial charge in [0.15, 0.2) is 0 Å². The largest absolute Gasteiger partial charge is 0.323 e. The first-order valence-corrected chi connectivity index (χ1v) is 3.19. The quantitative estimate of drug-likeness (QED) is 0.403. The molecule has 0 radical (unpaired) electrons. The van der Waals surface area contributed by atoms with E-state index in [1.807, 2.05) is 0 Å². The van der Waals surface area contributed by atoms with Crippen molar-refractivity contribution in [3.05, 3.63) is 0 Å². The minimum Gasteiger partial charge on any atom is -0.193 e. The number of hydrogen-bond donors (Lipinski definition) is 1. The maximum absolute atomic E-state index is 10.5. The highest BCUT2D eigenvalue weighted by Crippen LogP contribution is 1.85. The van der Waals surface area contributed by atoms with Crippen LogP contribution in [0.4, 0.5) is 4.48 Å². The first kappa shape index (κ1) is 6.13. The second-order valence-corrected chi connectivity index (χ2v) is 2.76. The molecule has 0 aliphatic rings. The highest BCUT2D eigenvalue weighted by atomic mass is 35.7. The molecule has 0 spiro atoms. The van der Waals surface area contributed by atoms with Crippen LogP contribution in [0.5, 0.6) is 0 Å². The number of rotatable bonds is 1. The molecule has 0 amide bonds. The Morgan fingerprint density at radius 1 is 1.67 bits per heavy atom. The lowest BCUT2D eigenvalue weighted by Gasteiger charge is -1.76. The third-order valence-corrected chi connectivity index (χ3v) is 0.451. The molecule has 0 unspecified atom stereocenters. The summed E-state index contributed by atoms with van der Waals surface area (Å²) < 4.78 is 29.1. The van der Waals surface area contributed by atoms with Crippen molar-refractivity contribution in [1.29, 1.82) is 0 Å². The molecule has 0 aromatic heterocycles. The average Bonchev–Trinajstić information content (AvgIpc) is 1.35. The monoisotopic (exact) mass is 133 g/mol. The molecular formula is HClFNO2S. The van der Waals surface area contributed by atoms with E-state index in [4.69, 9.17) is 0 Å². The summed E-state index contributed by atoms with van der Waals surface area (Å²) in [7, 11) is 0.0972. The van der Waals surface area contributed by atoms with Gasteiger partial charge in [0, 0.05) is 10.7 Å². The molecule has 0 bridgehead atoms. The van der Waals surface area contributed by atoms with Gasteiger partial charge in [-0.15, -0.1) is 4.48 Å². The molecule has 6 heavy (non-hydrogen) atoms. The van der Waals surface area contributed by atoms with Crippen molar-refractivity contribution >= 4 is 19.9 Å². The lowest BCUT2D eigenvalue weighted by atomic mass is 13.8. The van der Waals surface area contributed by atoms with Crippen LogP contribution < -0.4 is 4.94 Å². The topological polar surface area (TPSA) is 46.2 Å². The molecule has 0 heterocycles. The fourth-order valence-corrected chi connectivity index (χ4v) is 0. The van der Waals surface area contributed by atoms with E-state index in [9.17, 15) is 12.9 Å². The normalized spacial score (nSPS) is 11.7. The maximum atomic E-state index is 10.5. The maximum Gasteiger partial charge on any atom is 0.323 e. The Labute approximate surface area is 38.6 Å². The van der Waals surface area contributed by atoms with E-state index >= 15 is 0 Å². The first-order valence-electron chi connectivity index (χ1n) is 0.881. The molecule has 0 aromatic carbocycles. The predicted molar refractivity (Wildman–Crippen MR) is 19.0 cm³/mol. The Morgan fingerprint density at radius 2 is 1.83 bits per heavy atom. The summed E-state index contributed by atoms with van der Waals surface area (Å²) in [6, 6.07) is 0. The van der Waals surface area contributed by atoms with Gasteiger partial charge in [0.25, 0.3) is 0 Å². The Hall–Kier alpha value is 0.130. The van der Waals surface area contributed by atoms with Crippen molar-refractivity contribution < 1.29 is 12.9 Å². The highest BCUT2D eigenvalue weighted by molar-refractivity contribution is 8.12. The van der Waals surface area contributed by atoms with Gasteiger partial charge in [-0.05, 0) is 4.94 Å². The zero-order valence-electron chi connectivity index (χ0n) is 2.48. The number of nitrogens with one attached hydrogen (secondary N) is 1. The molecule has 0 atom stereocenters. The van der Waals surface area contributed by atoms with Gasteiger partial charge in [-0.1, -0.05) is 0 Å². The third kappa shape index (κ3) is 4.13. The van der Waals surface area contributed by atoms with E-state index in [0.717, 1.165) is 0 Å². The van der Waals surface area contributed by atoms with Crippen molar-refractivity contribution in [2.75, 3.05) is 0 Å². The third-order valence-electron chi connectivity index (χ3n) is 0.0922. The molecule has 0 aromatic rings. The average molecular weight is 134 g/mol. The molecule has 0 saturated heterocycles. The van der Waals surface area contributed by atoms with Crippen LogP contribution in [0.15, 0.2) is 0 Å². The van der Waals surface area contributed by atoms with Crippen LogP contribution in [0.1, 0.15) is 0 Å². The van der Waals surface area contributed by atoms with Gasteiger partial charge < -0.3 is 0 Å². The van der Waals surface area contributed by atoms with Crippen LogP contribution in [-0.2, 0) is 9.24 Å². The van der Waals surface area contributed by atoms with Crippen LogP contribution >= 0.6 is 10.7 Å². The summed E-state index contributed by atoms with van der Waals surface area (Å²) in [6.45, 7) is 0. The van der Waals surface area contributed by atoms with Crippen molar-refractivity contribution in [3.63, 3.8) is 0 Å². The summed E-state index contributed by atoms with van der Waals surface area (Å²) >= 11 is 0. The van der Waals surface area contributed by atoms with Crippen LogP contribution in [0, 0.1) is 0 Å². The van der Waals surface area contributed by atoms with Crippen LogP contribution in [0.3, 0.4) is 0 Å². The zero-order chi connectivity index (χ0) is 5.21. The fraction of sp³-hybridized carbons (Fsp3) is 0. The lowest BCUT2D eigenvalue weighted by Crippen LogP contribution is -2.04. The Bertz CT molecular complexity index is 116. The summed E-state index contributed by atoms with van der Waals surface area (Å²) in [4.78, 5) is 0.342. The first-order chi connectivity index (χ1) is 2.56. The molecule has 3 nitrogen and oxygen atoms in total. The SMILES string of the molecule is O=S(=O)(Cl)NF. The van der Waals surface area contributed by atoms with Crippen LogP contribution in [0.2, 0.25) is 0 Å². The molecule has 1 N–H and O–H groups in total. The minimum absolute atomic E-state index is 0.342. The van der Waals surface area contributed by atoms with E-state index in [0.29, 0.717) is 4.94 Å². The molecule has 0 aliphatic heterocycles. The van der Waals surface area contributed by atoms with E-state index in [1.165, 1.54) is 0 Å². The Morgan fingerprint density at radius 3 is 1.83 bits per heavy atom. The second-order valence-electron chi connectivity index (χ2n) is 0.515. The summed E-state index contributed by atoms with van der Waals surface area (Å²) in [5.41, 5.74) is 0. The molecule has 0 rings (SSSR count). The van der Waals surface area contributed by atoms with E-state index in [1.54, 1.807) is 0 Å².